The Bertz CT molecular complexity index is 618. The number of H-pyrrole nitrogens is 1. The lowest BCUT2D eigenvalue weighted by Crippen LogP contribution is -2.12. The second kappa shape index (κ2) is 5.15. The van der Waals surface area contributed by atoms with Crippen molar-refractivity contribution >= 4 is 5.82 Å². The van der Waals surface area contributed by atoms with Crippen LogP contribution in [0, 0.1) is 12.7 Å². The van der Waals surface area contributed by atoms with E-state index in [4.69, 9.17) is 10.5 Å². The Kier molecular flexibility index (Phi) is 3.34. The fourth-order valence-corrected chi connectivity index (χ4v) is 2.72. The number of benzene rings is 1. The summed E-state index contributed by atoms with van der Waals surface area (Å²) in [5.41, 5.74) is 7.40. The lowest BCUT2D eigenvalue weighted by molar-refractivity contribution is 0.210. The Labute approximate surface area is 117 Å². The van der Waals surface area contributed by atoms with Gasteiger partial charge in [0, 0.05) is 6.07 Å². The molecule has 106 valence electrons. The van der Waals surface area contributed by atoms with E-state index in [1.54, 1.807) is 6.07 Å². The summed E-state index contributed by atoms with van der Waals surface area (Å²) < 4.78 is 20.3. The molecule has 5 heteroatoms. The summed E-state index contributed by atoms with van der Waals surface area (Å²) in [6.07, 6.45) is 4.58. The summed E-state index contributed by atoms with van der Waals surface area (Å²) in [5.74, 6) is 0.589. The minimum absolute atomic E-state index is 0.176. The van der Waals surface area contributed by atoms with Gasteiger partial charge >= 0.3 is 0 Å². The zero-order valence-corrected chi connectivity index (χ0v) is 11.4. The highest BCUT2D eigenvalue weighted by Gasteiger charge is 2.21. The SMILES string of the molecule is Cc1cc(F)c(-c2cc(N)n[nH]2)c(OC2CCCC2)c1. The summed E-state index contributed by atoms with van der Waals surface area (Å²) in [7, 11) is 0. The number of hydrogen-bond acceptors (Lipinski definition) is 3. The summed E-state index contributed by atoms with van der Waals surface area (Å²) in [6, 6.07) is 4.98. The van der Waals surface area contributed by atoms with Crippen molar-refractivity contribution in [1.29, 1.82) is 0 Å². The molecule has 1 fully saturated rings. The van der Waals surface area contributed by atoms with Crippen molar-refractivity contribution in [2.45, 2.75) is 38.7 Å². The van der Waals surface area contributed by atoms with Gasteiger partial charge in [-0.1, -0.05) is 0 Å². The van der Waals surface area contributed by atoms with Crippen LogP contribution < -0.4 is 10.5 Å². The molecule has 0 atom stereocenters. The predicted octanol–water partition coefficient (Wildman–Crippen LogP) is 3.43. The van der Waals surface area contributed by atoms with Gasteiger partial charge in [-0.05, 0) is 50.3 Å². The molecule has 1 aliphatic rings. The molecule has 1 heterocycles. The van der Waals surface area contributed by atoms with Crippen LogP contribution in [0.25, 0.3) is 11.3 Å². The fourth-order valence-electron chi connectivity index (χ4n) is 2.72. The van der Waals surface area contributed by atoms with E-state index >= 15 is 0 Å². The van der Waals surface area contributed by atoms with E-state index in [-0.39, 0.29) is 11.9 Å². The summed E-state index contributed by atoms with van der Waals surface area (Å²) in [5, 5.41) is 6.61. The van der Waals surface area contributed by atoms with Crippen molar-refractivity contribution in [1.82, 2.24) is 10.2 Å². The first kappa shape index (κ1) is 13.0. The minimum atomic E-state index is -0.318. The number of nitrogens with zero attached hydrogens (tertiary/aromatic N) is 1. The molecule has 1 aromatic carbocycles. The molecule has 1 saturated carbocycles. The number of anilines is 1. The summed E-state index contributed by atoms with van der Waals surface area (Å²) >= 11 is 0. The molecule has 2 aromatic rings. The highest BCUT2D eigenvalue weighted by Crippen LogP contribution is 2.35. The smallest absolute Gasteiger partial charge is 0.145 e. The van der Waals surface area contributed by atoms with Crippen molar-refractivity contribution in [3.63, 3.8) is 0 Å². The maximum absolute atomic E-state index is 14.3. The van der Waals surface area contributed by atoms with Gasteiger partial charge in [-0.15, -0.1) is 0 Å². The Balaban J connectivity index is 2.02. The van der Waals surface area contributed by atoms with Crippen LogP contribution in [0.4, 0.5) is 10.2 Å². The second-order valence-corrected chi connectivity index (χ2v) is 5.35. The van der Waals surface area contributed by atoms with Crippen molar-refractivity contribution in [2.75, 3.05) is 5.73 Å². The third-order valence-corrected chi connectivity index (χ3v) is 3.66. The summed E-state index contributed by atoms with van der Waals surface area (Å²) in [6.45, 7) is 1.86. The molecule has 0 aliphatic heterocycles. The van der Waals surface area contributed by atoms with E-state index in [9.17, 15) is 4.39 Å². The van der Waals surface area contributed by atoms with Crippen LogP contribution >= 0.6 is 0 Å². The van der Waals surface area contributed by atoms with Gasteiger partial charge in [0.2, 0.25) is 0 Å². The number of rotatable bonds is 3. The molecule has 4 nitrogen and oxygen atoms in total. The number of aryl methyl sites for hydroxylation is 1. The molecule has 1 aliphatic carbocycles. The maximum Gasteiger partial charge on any atom is 0.145 e. The molecule has 0 bridgehead atoms. The van der Waals surface area contributed by atoms with E-state index in [1.807, 2.05) is 13.0 Å². The number of hydrogen-bond donors (Lipinski definition) is 2. The van der Waals surface area contributed by atoms with Gasteiger partial charge in [-0.25, -0.2) is 4.39 Å². The van der Waals surface area contributed by atoms with Crippen LogP contribution in [-0.4, -0.2) is 16.3 Å². The van der Waals surface area contributed by atoms with Crippen LogP contribution in [0.1, 0.15) is 31.2 Å². The highest BCUT2D eigenvalue weighted by molar-refractivity contribution is 5.70. The summed E-state index contributed by atoms with van der Waals surface area (Å²) in [4.78, 5) is 0. The number of nitrogens with two attached hydrogens (primary N) is 1. The van der Waals surface area contributed by atoms with Crippen LogP contribution in [0.3, 0.4) is 0 Å². The van der Waals surface area contributed by atoms with Gasteiger partial charge in [0.05, 0.1) is 17.4 Å². The first-order valence-corrected chi connectivity index (χ1v) is 6.91. The number of nitrogens with one attached hydrogen (secondary N) is 1. The molecule has 0 unspecified atom stereocenters. The Morgan fingerprint density at radius 3 is 2.70 bits per heavy atom. The van der Waals surface area contributed by atoms with Crippen molar-refractivity contribution < 1.29 is 9.13 Å². The zero-order valence-electron chi connectivity index (χ0n) is 11.4. The Hall–Kier alpha value is -2.04. The molecular weight excluding hydrogens is 257 g/mol. The molecule has 0 radical (unpaired) electrons. The van der Waals surface area contributed by atoms with Gasteiger partial charge in [0.15, 0.2) is 0 Å². The minimum Gasteiger partial charge on any atom is -0.490 e. The number of halogens is 1. The average molecular weight is 275 g/mol. The third kappa shape index (κ3) is 2.48. The average Bonchev–Trinajstić information content (AvgIpc) is 3.00. The van der Waals surface area contributed by atoms with E-state index in [0.29, 0.717) is 22.8 Å². The maximum atomic E-state index is 14.3. The van der Waals surface area contributed by atoms with Crippen LogP contribution in [0.2, 0.25) is 0 Å². The van der Waals surface area contributed by atoms with Crippen molar-refractivity contribution in [3.8, 4) is 17.0 Å². The van der Waals surface area contributed by atoms with Gasteiger partial charge in [-0.3, -0.25) is 5.10 Å². The number of nitrogen functional groups attached to an aromatic ring is 1. The van der Waals surface area contributed by atoms with Crippen LogP contribution in [-0.2, 0) is 0 Å². The van der Waals surface area contributed by atoms with Gasteiger partial charge in [-0.2, -0.15) is 5.10 Å². The first-order valence-electron chi connectivity index (χ1n) is 6.91. The molecule has 20 heavy (non-hydrogen) atoms. The molecular formula is C15H18FN3O. The number of ether oxygens (including phenoxy) is 1. The molecule has 0 saturated heterocycles. The van der Waals surface area contributed by atoms with Crippen molar-refractivity contribution in [2.24, 2.45) is 0 Å². The quantitative estimate of drug-likeness (QED) is 0.902. The van der Waals surface area contributed by atoms with Gasteiger partial charge in [0.25, 0.3) is 0 Å². The fraction of sp³-hybridized carbons (Fsp3) is 0.400. The Morgan fingerprint density at radius 1 is 1.30 bits per heavy atom. The monoisotopic (exact) mass is 275 g/mol. The normalized spacial score (nSPS) is 15.7. The standard InChI is InChI=1S/C15H18FN3O/c1-9-6-11(16)15(12-8-14(17)19-18-12)13(7-9)20-10-4-2-3-5-10/h6-8,10H,2-5H2,1H3,(H3,17,18,19). The topological polar surface area (TPSA) is 63.9 Å². The molecule has 1 aromatic heterocycles. The number of aromatic nitrogens is 2. The molecule has 3 N–H and O–H groups in total. The van der Waals surface area contributed by atoms with Crippen molar-refractivity contribution in [3.05, 3.63) is 29.6 Å². The lowest BCUT2D eigenvalue weighted by atomic mass is 10.1. The molecule has 0 amide bonds. The second-order valence-electron chi connectivity index (χ2n) is 5.35. The first-order chi connectivity index (χ1) is 9.63. The molecule has 0 spiro atoms. The molecule has 3 rings (SSSR count). The van der Waals surface area contributed by atoms with Gasteiger partial charge < -0.3 is 10.5 Å². The number of aromatic amines is 1. The van der Waals surface area contributed by atoms with E-state index in [0.717, 1.165) is 18.4 Å². The van der Waals surface area contributed by atoms with E-state index in [2.05, 4.69) is 10.2 Å². The predicted molar refractivity (Wildman–Crippen MR) is 76.0 cm³/mol. The highest BCUT2D eigenvalue weighted by atomic mass is 19.1. The van der Waals surface area contributed by atoms with E-state index in [1.165, 1.54) is 18.9 Å². The Morgan fingerprint density at radius 2 is 2.05 bits per heavy atom. The van der Waals surface area contributed by atoms with E-state index < -0.39 is 0 Å². The van der Waals surface area contributed by atoms with Crippen LogP contribution in [0.15, 0.2) is 18.2 Å². The largest absolute Gasteiger partial charge is 0.490 e. The third-order valence-electron chi connectivity index (χ3n) is 3.66. The zero-order chi connectivity index (χ0) is 14.1. The van der Waals surface area contributed by atoms with Crippen LogP contribution in [0.5, 0.6) is 5.75 Å². The van der Waals surface area contributed by atoms with Gasteiger partial charge in [0.1, 0.15) is 17.4 Å². The lowest BCUT2D eigenvalue weighted by Gasteiger charge is -2.17.